The molecule has 1 rings (SSSR count). The van der Waals surface area contributed by atoms with Gasteiger partial charge < -0.3 is 14.0 Å². The SMILES string of the molecule is [B][C@@H]1O[C@](C)(CSP(C)(C)=S)C(OPC)[C@@H]1OC. The molecular formula is C10H21BO3P2S2. The molecule has 0 N–H and O–H groups in total. The van der Waals surface area contributed by atoms with Gasteiger partial charge in [0.2, 0.25) is 0 Å². The van der Waals surface area contributed by atoms with Gasteiger partial charge in [0.25, 0.3) is 0 Å². The van der Waals surface area contributed by atoms with Crippen molar-refractivity contribution in [3.8, 4) is 0 Å². The van der Waals surface area contributed by atoms with E-state index in [9.17, 15) is 0 Å². The second-order valence-electron chi connectivity index (χ2n) is 4.86. The summed E-state index contributed by atoms with van der Waals surface area (Å²) < 4.78 is 17.1. The minimum absolute atomic E-state index is 0.130. The van der Waals surface area contributed by atoms with Crippen molar-refractivity contribution in [2.24, 2.45) is 0 Å². The van der Waals surface area contributed by atoms with Crippen LogP contribution in [0.3, 0.4) is 0 Å². The van der Waals surface area contributed by atoms with Crippen molar-refractivity contribution in [3.05, 3.63) is 0 Å². The van der Waals surface area contributed by atoms with E-state index < -0.39 is 16.8 Å². The molecular weight excluding hydrogens is 305 g/mol. The minimum Gasteiger partial charge on any atom is -0.377 e. The monoisotopic (exact) mass is 326 g/mol. The number of rotatable bonds is 6. The lowest BCUT2D eigenvalue weighted by molar-refractivity contribution is -0.0228. The van der Waals surface area contributed by atoms with Crippen LogP contribution in [-0.2, 0) is 25.8 Å². The highest BCUT2D eigenvalue weighted by Crippen LogP contribution is 2.54. The third kappa shape index (κ3) is 4.44. The Labute approximate surface area is 123 Å². The molecule has 104 valence electrons. The molecule has 0 saturated carbocycles. The van der Waals surface area contributed by atoms with Crippen molar-refractivity contribution >= 4 is 45.1 Å². The Morgan fingerprint density at radius 2 is 2.17 bits per heavy atom. The van der Waals surface area contributed by atoms with Crippen LogP contribution in [0.25, 0.3) is 0 Å². The summed E-state index contributed by atoms with van der Waals surface area (Å²) in [5.41, 5.74) is -0.427. The number of hydrogen-bond donors (Lipinski definition) is 0. The van der Waals surface area contributed by atoms with Gasteiger partial charge in [0.15, 0.2) is 0 Å². The van der Waals surface area contributed by atoms with Gasteiger partial charge >= 0.3 is 0 Å². The zero-order valence-corrected chi connectivity index (χ0v) is 15.0. The zero-order chi connectivity index (χ0) is 14.0. The fourth-order valence-corrected chi connectivity index (χ4v) is 5.55. The van der Waals surface area contributed by atoms with Crippen molar-refractivity contribution in [1.82, 2.24) is 0 Å². The van der Waals surface area contributed by atoms with Crippen molar-refractivity contribution in [2.45, 2.75) is 30.7 Å². The molecule has 1 aliphatic heterocycles. The van der Waals surface area contributed by atoms with Crippen LogP contribution in [0.1, 0.15) is 6.92 Å². The van der Waals surface area contributed by atoms with E-state index in [1.54, 1.807) is 18.5 Å². The van der Waals surface area contributed by atoms with E-state index in [4.69, 9.17) is 33.7 Å². The maximum absolute atomic E-state index is 5.97. The van der Waals surface area contributed by atoms with Crippen LogP contribution >= 0.6 is 25.4 Å². The summed E-state index contributed by atoms with van der Waals surface area (Å²) in [4.78, 5) is 0. The van der Waals surface area contributed by atoms with Crippen molar-refractivity contribution in [2.75, 3.05) is 32.9 Å². The van der Waals surface area contributed by atoms with Gasteiger partial charge in [0, 0.05) is 32.9 Å². The Balaban J connectivity index is 2.80. The molecule has 8 heteroatoms. The van der Waals surface area contributed by atoms with E-state index in [0.29, 0.717) is 8.81 Å². The van der Waals surface area contributed by atoms with Gasteiger partial charge in [0.1, 0.15) is 25.7 Å². The average molecular weight is 326 g/mol. The highest BCUT2D eigenvalue weighted by atomic mass is 32.9. The molecule has 3 nitrogen and oxygen atoms in total. The molecule has 0 aliphatic carbocycles. The van der Waals surface area contributed by atoms with Gasteiger partial charge in [0.05, 0.1) is 0 Å². The summed E-state index contributed by atoms with van der Waals surface area (Å²) >= 11 is 7.26. The lowest BCUT2D eigenvalue weighted by Gasteiger charge is -2.32. The smallest absolute Gasteiger partial charge is 0.119 e. The maximum atomic E-state index is 5.97. The van der Waals surface area contributed by atoms with E-state index >= 15 is 0 Å². The number of hydrogen-bond acceptors (Lipinski definition) is 5. The normalized spacial score (nSPS) is 37.7. The van der Waals surface area contributed by atoms with Crippen LogP contribution < -0.4 is 0 Å². The van der Waals surface area contributed by atoms with Gasteiger partial charge in [-0.25, -0.2) is 0 Å². The molecule has 0 bridgehead atoms. The van der Waals surface area contributed by atoms with E-state index in [2.05, 4.69) is 13.3 Å². The van der Waals surface area contributed by atoms with Crippen molar-refractivity contribution in [3.63, 3.8) is 0 Å². The Morgan fingerprint density at radius 3 is 2.61 bits per heavy atom. The molecule has 1 saturated heterocycles. The van der Waals surface area contributed by atoms with Crippen LogP contribution in [0.15, 0.2) is 0 Å². The van der Waals surface area contributed by atoms with Crippen LogP contribution in [0.2, 0.25) is 0 Å². The first-order valence-corrected chi connectivity index (χ1v) is 12.4. The summed E-state index contributed by atoms with van der Waals surface area (Å²) in [5, 5.41) is -1.32. The Kier molecular flexibility index (Phi) is 6.67. The Hall–Kier alpha value is 1.37. The Bertz CT molecular complexity index is 328. The highest BCUT2D eigenvalue weighted by Gasteiger charge is 2.51. The summed E-state index contributed by atoms with van der Waals surface area (Å²) in [5.74, 6) is 0.792. The third-order valence-corrected chi connectivity index (χ3v) is 7.82. The highest BCUT2D eigenvalue weighted by molar-refractivity contribution is 8.70. The lowest BCUT2D eigenvalue weighted by Crippen LogP contribution is -2.44. The van der Waals surface area contributed by atoms with Crippen molar-refractivity contribution < 1.29 is 14.0 Å². The van der Waals surface area contributed by atoms with Crippen molar-refractivity contribution in [1.29, 1.82) is 0 Å². The topological polar surface area (TPSA) is 27.7 Å². The molecule has 1 heterocycles. The molecule has 0 aromatic rings. The number of methoxy groups -OCH3 is 1. The first-order valence-electron chi connectivity index (χ1n) is 5.71. The molecule has 2 radical (unpaired) electrons. The summed E-state index contributed by atoms with van der Waals surface area (Å²) in [6, 6.07) is -0.437. The van der Waals surface area contributed by atoms with Crippen LogP contribution in [0.4, 0.5) is 0 Å². The average Bonchev–Trinajstić information content (AvgIpc) is 2.48. The third-order valence-electron chi connectivity index (χ3n) is 2.81. The molecule has 18 heavy (non-hydrogen) atoms. The first-order chi connectivity index (χ1) is 8.23. The van der Waals surface area contributed by atoms with Gasteiger partial charge in [-0.2, -0.15) is 0 Å². The fraction of sp³-hybridized carbons (Fsp3) is 1.00. The second kappa shape index (κ2) is 6.89. The largest absolute Gasteiger partial charge is 0.377 e. The van der Waals surface area contributed by atoms with Crippen LogP contribution in [0.5, 0.6) is 0 Å². The van der Waals surface area contributed by atoms with E-state index in [1.165, 1.54) is 0 Å². The molecule has 2 unspecified atom stereocenters. The summed E-state index contributed by atoms with van der Waals surface area (Å²) in [6.45, 7) is 8.27. The molecule has 0 aromatic heterocycles. The number of ether oxygens (including phenoxy) is 2. The van der Waals surface area contributed by atoms with Gasteiger partial charge in [-0.05, 0) is 26.9 Å². The van der Waals surface area contributed by atoms with E-state index in [0.717, 1.165) is 5.75 Å². The zero-order valence-electron chi connectivity index (χ0n) is 11.5. The maximum Gasteiger partial charge on any atom is 0.119 e. The van der Waals surface area contributed by atoms with Gasteiger partial charge in [-0.3, -0.25) is 0 Å². The predicted octanol–water partition coefficient (Wildman–Crippen LogP) is 2.28. The Morgan fingerprint density at radius 1 is 1.56 bits per heavy atom. The van der Waals surface area contributed by atoms with Crippen LogP contribution in [-0.4, -0.2) is 64.5 Å². The van der Waals surface area contributed by atoms with Crippen LogP contribution in [0, 0.1) is 0 Å². The standard InChI is InChI=1S/C10H21BO3P2S2/c1-10(6-18-16(4,5)17)8(14-15-3)7(12-2)9(11)13-10/h7-9,15H,6H2,1-5H3/t7-,8?,9+,10+/m0/s1. The first kappa shape index (κ1) is 17.4. The molecule has 1 aliphatic rings. The van der Waals surface area contributed by atoms with Gasteiger partial charge in [-0.1, -0.05) is 11.8 Å². The lowest BCUT2D eigenvalue weighted by atomic mass is 9.90. The molecule has 5 atom stereocenters. The second-order valence-corrected chi connectivity index (χ2v) is 15.5. The van der Waals surface area contributed by atoms with Gasteiger partial charge in [-0.15, -0.1) is 11.4 Å². The molecule has 0 amide bonds. The van der Waals surface area contributed by atoms with E-state index in [1.807, 2.05) is 13.6 Å². The predicted molar refractivity (Wildman–Crippen MR) is 87.5 cm³/mol. The summed E-state index contributed by atoms with van der Waals surface area (Å²) in [7, 11) is 8.01. The van der Waals surface area contributed by atoms with E-state index in [-0.39, 0.29) is 12.2 Å². The summed E-state index contributed by atoms with van der Waals surface area (Å²) in [6.07, 6.45) is -0.343. The molecule has 0 spiro atoms. The fourth-order valence-electron chi connectivity index (χ4n) is 1.94. The minimum atomic E-state index is -1.32. The quantitative estimate of drug-likeness (QED) is 0.552. The molecule has 0 aromatic carbocycles. The molecule has 1 fully saturated rings.